The second-order valence-electron chi connectivity index (χ2n) is 6.91. The van der Waals surface area contributed by atoms with Crippen molar-refractivity contribution in [2.45, 2.75) is 64.1 Å². The molecule has 1 spiro atoms. The van der Waals surface area contributed by atoms with E-state index in [1.807, 2.05) is 17.4 Å². The van der Waals surface area contributed by atoms with Gasteiger partial charge in [0.15, 0.2) is 0 Å². The van der Waals surface area contributed by atoms with Crippen molar-refractivity contribution in [2.24, 2.45) is 0 Å². The van der Waals surface area contributed by atoms with Gasteiger partial charge in [-0.15, -0.1) is 17.9 Å². The average Bonchev–Trinajstić information content (AvgIpc) is 3.07. The fourth-order valence-electron chi connectivity index (χ4n) is 4.71. The molecule has 126 valence electrons. The molecule has 2 aliphatic rings. The van der Waals surface area contributed by atoms with Crippen molar-refractivity contribution in [3.8, 4) is 0 Å². The maximum Gasteiger partial charge on any atom is 0.223 e. The largest absolute Gasteiger partial charge is 0.332 e. The maximum absolute atomic E-state index is 12.4. The SMILES string of the molecule is C=CCN1C(=O)CC[C@]12CCCN(Cc1ccc(C)s1)[C@H]2CC. The van der Waals surface area contributed by atoms with Crippen molar-refractivity contribution in [2.75, 3.05) is 13.1 Å². The van der Waals surface area contributed by atoms with Gasteiger partial charge in [-0.25, -0.2) is 0 Å². The number of thiophene rings is 1. The molecule has 1 aromatic heterocycles. The Hall–Kier alpha value is -1.13. The van der Waals surface area contributed by atoms with E-state index >= 15 is 0 Å². The number of hydrogen-bond acceptors (Lipinski definition) is 3. The molecule has 23 heavy (non-hydrogen) atoms. The summed E-state index contributed by atoms with van der Waals surface area (Å²) < 4.78 is 0. The molecule has 0 radical (unpaired) electrons. The lowest BCUT2D eigenvalue weighted by atomic mass is 9.77. The Balaban J connectivity index is 1.85. The van der Waals surface area contributed by atoms with E-state index in [9.17, 15) is 4.79 Å². The third-order valence-corrected chi connectivity index (χ3v) is 6.57. The summed E-state index contributed by atoms with van der Waals surface area (Å²) >= 11 is 1.90. The molecule has 0 unspecified atom stereocenters. The zero-order valence-corrected chi connectivity index (χ0v) is 15.2. The lowest BCUT2D eigenvalue weighted by Crippen LogP contribution is -2.62. The standard InChI is InChI=1S/C19H28N2OS/c1-4-12-21-18(22)9-11-19(21)10-6-13-20(17(19)5-2)14-16-8-7-15(3)23-16/h4,7-8,17H,1,5-6,9-14H2,2-3H3/t17-,19-/m0/s1. The van der Waals surface area contributed by atoms with E-state index in [1.165, 1.54) is 16.2 Å². The van der Waals surface area contributed by atoms with Crippen LogP contribution in [0.4, 0.5) is 0 Å². The molecular formula is C19H28N2OS. The van der Waals surface area contributed by atoms with Crippen LogP contribution in [0.2, 0.25) is 0 Å². The minimum absolute atomic E-state index is 0.0323. The Bertz CT molecular complexity index is 582. The van der Waals surface area contributed by atoms with Crippen molar-refractivity contribution in [1.82, 2.24) is 9.80 Å². The molecular weight excluding hydrogens is 304 g/mol. The predicted molar refractivity (Wildman–Crippen MR) is 96.7 cm³/mol. The number of carbonyl (C=O) groups is 1. The van der Waals surface area contributed by atoms with Crippen LogP contribution in [0.3, 0.4) is 0 Å². The highest BCUT2D eigenvalue weighted by Crippen LogP contribution is 2.43. The van der Waals surface area contributed by atoms with E-state index in [0.29, 0.717) is 24.9 Å². The number of carbonyl (C=O) groups excluding carboxylic acids is 1. The van der Waals surface area contributed by atoms with Crippen LogP contribution in [0.25, 0.3) is 0 Å². The van der Waals surface area contributed by atoms with E-state index in [-0.39, 0.29) is 5.54 Å². The van der Waals surface area contributed by atoms with Crippen molar-refractivity contribution >= 4 is 17.2 Å². The molecule has 3 rings (SSSR count). The van der Waals surface area contributed by atoms with Gasteiger partial charge in [0, 0.05) is 35.3 Å². The number of nitrogens with zero attached hydrogens (tertiary/aromatic N) is 2. The highest BCUT2D eigenvalue weighted by Gasteiger charge is 2.52. The number of hydrogen-bond donors (Lipinski definition) is 0. The van der Waals surface area contributed by atoms with Crippen LogP contribution in [-0.4, -0.2) is 40.4 Å². The Morgan fingerprint density at radius 1 is 1.43 bits per heavy atom. The summed E-state index contributed by atoms with van der Waals surface area (Å²) in [4.78, 5) is 20.0. The average molecular weight is 333 g/mol. The van der Waals surface area contributed by atoms with E-state index < -0.39 is 0 Å². The molecule has 0 aromatic carbocycles. The molecule has 0 aliphatic carbocycles. The summed E-state index contributed by atoms with van der Waals surface area (Å²) in [6.07, 6.45) is 7.03. The minimum Gasteiger partial charge on any atom is -0.332 e. The number of amides is 1. The van der Waals surface area contributed by atoms with E-state index in [2.05, 4.69) is 42.4 Å². The maximum atomic E-state index is 12.4. The van der Waals surface area contributed by atoms with Crippen molar-refractivity contribution in [1.29, 1.82) is 0 Å². The first kappa shape index (κ1) is 16.7. The van der Waals surface area contributed by atoms with Gasteiger partial charge in [-0.2, -0.15) is 0 Å². The molecule has 2 fully saturated rings. The smallest absolute Gasteiger partial charge is 0.223 e. The highest BCUT2D eigenvalue weighted by atomic mass is 32.1. The van der Waals surface area contributed by atoms with Crippen LogP contribution in [0.1, 0.15) is 48.8 Å². The van der Waals surface area contributed by atoms with Crippen molar-refractivity contribution in [3.63, 3.8) is 0 Å². The van der Waals surface area contributed by atoms with Crippen LogP contribution in [0.5, 0.6) is 0 Å². The van der Waals surface area contributed by atoms with Gasteiger partial charge in [-0.3, -0.25) is 9.69 Å². The summed E-state index contributed by atoms with van der Waals surface area (Å²) in [5, 5.41) is 0. The predicted octanol–water partition coefficient (Wildman–Crippen LogP) is 3.98. The van der Waals surface area contributed by atoms with Crippen molar-refractivity contribution < 1.29 is 4.79 Å². The highest BCUT2D eigenvalue weighted by molar-refractivity contribution is 7.11. The number of likely N-dealkylation sites (tertiary alicyclic amines) is 2. The molecule has 2 saturated heterocycles. The first-order valence-electron chi connectivity index (χ1n) is 8.81. The topological polar surface area (TPSA) is 23.6 Å². The van der Waals surface area contributed by atoms with Gasteiger partial charge in [0.2, 0.25) is 5.91 Å². The fraction of sp³-hybridized carbons (Fsp3) is 0.632. The van der Waals surface area contributed by atoms with Crippen LogP contribution in [-0.2, 0) is 11.3 Å². The lowest BCUT2D eigenvalue weighted by molar-refractivity contribution is -0.134. The molecule has 1 aromatic rings. The molecule has 0 bridgehead atoms. The number of piperidine rings is 1. The molecule has 2 atom stereocenters. The molecule has 0 N–H and O–H groups in total. The Morgan fingerprint density at radius 2 is 2.26 bits per heavy atom. The van der Waals surface area contributed by atoms with Crippen molar-refractivity contribution in [3.05, 3.63) is 34.5 Å². The first-order chi connectivity index (χ1) is 11.1. The summed E-state index contributed by atoms with van der Waals surface area (Å²) in [6, 6.07) is 4.93. The summed E-state index contributed by atoms with van der Waals surface area (Å²) in [5.74, 6) is 0.317. The zero-order valence-electron chi connectivity index (χ0n) is 14.4. The van der Waals surface area contributed by atoms with E-state index in [1.54, 1.807) is 0 Å². The van der Waals surface area contributed by atoms with Gasteiger partial charge in [0.25, 0.3) is 0 Å². The van der Waals surface area contributed by atoms with Crippen LogP contribution in [0, 0.1) is 6.92 Å². The summed E-state index contributed by atoms with van der Waals surface area (Å²) in [7, 11) is 0. The van der Waals surface area contributed by atoms with Gasteiger partial charge < -0.3 is 4.90 Å². The number of aryl methyl sites for hydroxylation is 1. The minimum atomic E-state index is 0.0323. The molecule has 1 amide bonds. The van der Waals surface area contributed by atoms with Crippen LogP contribution in [0.15, 0.2) is 24.8 Å². The second kappa shape index (κ2) is 6.78. The van der Waals surface area contributed by atoms with Gasteiger partial charge in [0.05, 0.1) is 5.54 Å². The van der Waals surface area contributed by atoms with Crippen LogP contribution >= 0.6 is 11.3 Å². The molecule has 2 aliphatic heterocycles. The normalized spacial score (nSPS) is 28.7. The fourth-order valence-corrected chi connectivity index (χ4v) is 5.63. The third kappa shape index (κ3) is 2.99. The van der Waals surface area contributed by atoms with E-state index in [0.717, 1.165) is 32.4 Å². The van der Waals surface area contributed by atoms with Gasteiger partial charge in [0.1, 0.15) is 0 Å². The summed E-state index contributed by atoms with van der Waals surface area (Å²) in [5.41, 5.74) is 0.0323. The molecule has 0 saturated carbocycles. The second-order valence-corrected chi connectivity index (χ2v) is 8.28. The van der Waals surface area contributed by atoms with Crippen LogP contribution < -0.4 is 0 Å². The third-order valence-electron chi connectivity index (χ3n) is 5.58. The number of rotatable bonds is 5. The van der Waals surface area contributed by atoms with Gasteiger partial charge in [-0.1, -0.05) is 13.0 Å². The monoisotopic (exact) mass is 332 g/mol. The quantitative estimate of drug-likeness (QED) is 0.762. The molecule has 3 heterocycles. The zero-order chi connectivity index (χ0) is 16.4. The molecule has 4 heteroatoms. The first-order valence-corrected chi connectivity index (χ1v) is 9.63. The van der Waals surface area contributed by atoms with E-state index in [4.69, 9.17) is 0 Å². The lowest BCUT2D eigenvalue weighted by Gasteiger charge is -2.52. The summed E-state index contributed by atoms with van der Waals surface area (Å²) in [6.45, 7) is 11.2. The Labute approximate surface area is 144 Å². The molecule has 3 nitrogen and oxygen atoms in total. The Morgan fingerprint density at radius 3 is 2.91 bits per heavy atom. The van der Waals surface area contributed by atoms with Gasteiger partial charge in [-0.05, 0) is 51.3 Å². The Kier molecular flexibility index (Phi) is 4.93. The van der Waals surface area contributed by atoms with Gasteiger partial charge >= 0.3 is 0 Å².